The van der Waals surface area contributed by atoms with Crippen molar-refractivity contribution in [3.05, 3.63) is 63.4 Å². The van der Waals surface area contributed by atoms with E-state index in [2.05, 4.69) is 31.5 Å². The number of ether oxygens (including phenoxy) is 1. The molecule has 148 valence electrons. The van der Waals surface area contributed by atoms with Crippen LogP contribution in [-0.4, -0.2) is 23.4 Å². The van der Waals surface area contributed by atoms with E-state index in [4.69, 9.17) is 4.74 Å². The van der Waals surface area contributed by atoms with Gasteiger partial charge in [-0.25, -0.2) is 4.98 Å². The number of anilines is 1. The van der Waals surface area contributed by atoms with Gasteiger partial charge in [0, 0.05) is 34.3 Å². The average Bonchev–Trinajstić information content (AvgIpc) is 3.16. The van der Waals surface area contributed by atoms with Crippen molar-refractivity contribution in [2.75, 3.05) is 11.9 Å². The van der Waals surface area contributed by atoms with Crippen LogP contribution in [0, 0.1) is 0 Å². The SMILES string of the molecule is CC(=O)NC1CCOc2ccc(-c3csc(NC(=O)c4ccccc4Br)n3)cc21. The van der Waals surface area contributed by atoms with Gasteiger partial charge in [-0.1, -0.05) is 12.1 Å². The number of carbonyl (C=O) groups excluding carboxylic acids is 2. The summed E-state index contributed by atoms with van der Waals surface area (Å²) in [7, 11) is 0. The fourth-order valence-electron chi connectivity index (χ4n) is 3.22. The Kier molecular flexibility index (Phi) is 5.64. The number of nitrogens with zero attached hydrogens (tertiary/aromatic N) is 1. The molecule has 0 radical (unpaired) electrons. The highest BCUT2D eigenvalue weighted by molar-refractivity contribution is 9.10. The molecule has 2 heterocycles. The molecule has 4 rings (SSSR count). The summed E-state index contributed by atoms with van der Waals surface area (Å²) in [6.07, 6.45) is 0.723. The highest BCUT2D eigenvalue weighted by Gasteiger charge is 2.23. The molecule has 0 saturated heterocycles. The molecular weight excluding hydrogens is 454 g/mol. The minimum absolute atomic E-state index is 0.0704. The van der Waals surface area contributed by atoms with Gasteiger partial charge >= 0.3 is 0 Å². The summed E-state index contributed by atoms with van der Waals surface area (Å²) in [4.78, 5) is 28.6. The van der Waals surface area contributed by atoms with Crippen LogP contribution in [-0.2, 0) is 4.79 Å². The Labute approximate surface area is 180 Å². The third-order valence-corrected chi connectivity index (χ3v) is 6.01. The lowest BCUT2D eigenvalue weighted by molar-refractivity contribution is -0.119. The minimum atomic E-state index is -0.220. The summed E-state index contributed by atoms with van der Waals surface area (Å²) in [6.45, 7) is 2.08. The molecule has 2 amide bonds. The summed E-state index contributed by atoms with van der Waals surface area (Å²) in [6, 6.07) is 13.0. The van der Waals surface area contributed by atoms with Crippen molar-refractivity contribution >= 4 is 44.2 Å². The summed E-state index contributed by atoms with van der Waals surface area (Å²) >= 11 is 4.75. The highest BCUT2D eigenvalue weighted by Crippen LogP contribution is 2.36. The van der Waals surface area contributed by atoms with Gasteiger partial charge in [-0.05, 0) is 46.3 Å². The van der Waals surface area contributed by atoms with E-state index in [1.54, 1.807) is 6.07 Å². The smallest absolute Gasteiger partial charge is 0.258 e. The van der Waals surface area contributed by atoms with Crippen molar-refractivity contribution in [1.82, 2.24) is 10.3 Å². The lowest BCUT2D eigenvalue weighted by Crippen LogP contribution is -2.30. The molecule has 1 unspecified atom stereocenters. The van der Waals surface area contributed by atoms with Crippen molar-refractivity contribution in [1.29, 1.82) is 0 Å². The van der Waals surface area contributed by atoms with E-state index in [1.165, 1.54) is 18.3 Å². The van der Waals surface area contributed by atoms with Crippen molar-refractivity contribution in [2.24, 2.45) is 0 Å². The second-order valence-electron chi connectivity index (χ2n) is 6.61. The van der Waals surface area contributed by atoms with Crippen LogP contribution in [0.2, 0.25) is 0 Å². The molecule has 1 atom stereocenters. The second-order valence-corrected chi connectivity index (χ2v) is 8.33. The number of thiazole rings is 1. The Morgan fingerprint density at radius 3 is 2.86 bits per heavy atom. The molecule has 1 aromatic heterocycles. The topological polar surface area (TPSA) is 80.3 Å². The van der Waals surface area contributed by atoms with Crippen LogP contribution in [0.1, 0.15) is 35.3 Å². The normalized spacial score (nSPS) is 15.2. The van der Waals surface area contributed by atoms with E-state index in [0.29, 0.717) is 17.3 Å². The number of benzene rings is 2. The summed E-state index contributed by atoms with van der Waals surface area (Å²) in [5.41, 5.74) is 3.15. The number of amides is 2. The number of nitrogens with one attached hydrogen (secondary N) is 2. The minimum Gasteiger partial charge on any atom is -0.493 e. The lowest BCUT2D eigenvalue weighted by atomic mass is 9.97. The third-order valence-electron chi connectivity index (χ3n) is 4.57. The molecule has 3 aromatic rings. The molecule has 0 saturated carbocycles. The standard InChI is InChI=1S/C21H18BrN3O3S/c1-12(26)23-17-8-9-28-19-7-6-13(10-15(17)19)18-11-29-21(24-18)25-20(27)14-4-2-3-5-16(14)22/h2-7,10-11,17H,8-9H2,1H3,(H,23,26)(H,24,25,27). The van der Waals surface area contributed by atoms with Gasteiger partial charge in [0.2, 0.25) is 5.91 Å². The van der Waals surface area contributed by atoms with E-state index in [-0.39, 0.29) is 17.9 Å². The van der Waals surface area contributed by atoms with Gasteiger partial charge < -0.3 is 10.1 Å². The third kappa shape index (κ3) is 4.33. The Balaban J connectivity index is 1.56. The Hall–Kier alpha value is -2.71. The zero-order valence-corrected chi connectivity index (χ0v) is 18.0. The predicted molar refractivity (Wildman–Crippen MR) is 116 cm³/mol. The van der Waals surface area contributed by atoms with Gasteiger partial charge in [0.05, 0.1) is 23.9 Å². The van der Waals surface area contributed by atoms with Gasteiger partial charge in [0.25, 0.3) is 5.91 Å². The second kappa shape index (κ2) is 8.34. The van der Waals surface area contributed by atoms with Gasteiger partial charge in [-0.15, -0.1) is 11.3 Å². The molecular formula is C21H18BrN3O3S. The van der Waals surface area contributed by atoms with Crippen molar-refractivity contribution < 1.29 is 14.3 Å². The first-order valence-electron chi connectivity index (χ1n) is 9.07. The lowest BCUT2D eigenvalue weighted by Gasteiger charge is -2.26. The van der Waals surface area contributed by atoms with Crippen LogP contribution in [0.5, 0.6) is 5.75 Å². The van der Waals surface area contributed by atoms with Gasteiger partial charge in [-0.2, -0.15) is 0 Å². The van der Waals surface area contributed by atoms with Crippen LogP contribution in [0.25, 0.3) is 11.3 Å². The Morgan fingerprint density at radius 1 is 1.24 bits per heavy atom. The molecule has 8 heteroatoms. The molecule has 2 N–H and O–H groups in total. The number of fused-ring (bicyclic) bond motifs is 1. The van der Waals surface area contributed by atoms with Gasteiger partial charge in [-0.3, -0.25) is 14.9 Å². The first-order valence-corrected chi connectivity index (χ1v) is 10.7. The number of carbonyl (C=O) groups is 2. The number of hydrogen-bond donors (Lipinski definition) is 2. The molecule has 6 nitrogen and oxygen atoms in total. The summed E-state index contributed by atoms with van der Waals surface area (Å²) < 4.78 is 6.44. The molecule has 2 aromatic carbocycles. The maximum absolute atomic E-state index is 12.5. The van der Waals surface area contributed by atoms with Gasteiger partial charge in [0.15, 0.2) is 5.13 Å². The first kappa shape index (κ1) is 19.6. The zero-order chi connectivity index (χ0) is 20.4. The highest BCUT2D eigenvalue weighted by atomic mass is 79.9. The molecule has 29 heavy (non-hydrogen) atoms. The predicted octanol–water partition coefficient (Wildman–Crippen LogP) is 4.78. The van der Waals surface area contributed by atoms with E-state index in [9.17, 15) is 9.59 Å². The zero-order valence-electron chi connectivity index (χ0n) is 15.6. The van der Waals surface area contributed by atoms with E-state index >= 15 is 0 Å². The van der Waals surface area contributed by atoms with E-state index in [1.807, 2.05) is 41.8 Å². The molecule has 0 spiro atoms. The van der Waals surface area contributed by atoms with Crippen molar-refractivity contribution in [3.63, 3.8) is 0 Å². The molecule has 1 aliphatic rings. The number of hydrogen-bond acceptors (Lipinski definition) is 5. The van der Waals surface area contributed by atoms with Crippen LogP contribution in [0.3, 0.4) is 0 Å². The Morgan fingerprint density at radius 2 is 2.07 bits per heavy atom. The molecule has 0 bridgehead atoms. The first-order chi connectivity index (χ1) is 14.0. The molecule has 1 aliphatic heterocycles. The monoisotopic (exact) mass is 471 g/mol. The van der Waals surface area contributed by atoms with Crippen molar-refractivity contribution in [3.8, 4) is 17.0 Å². The number of halogens is 1. The van der Waals surface area contributed by atoms with E-state index in [0.717, 1.165) is 33.5 Å². The number of aromatic nitrogens is 1. The van der Waals surface area contributed by atoms with Crippen LogP contribution in [0.15, 0.2) is 52.3 Å². The maximum atomic E-state index is 12.5. The molecule has 0 fully saturated rings. The number of rotatable bonds is 4. The fraction of sp³-hybridized carbons (Fsp3) is 0.190. The van der Waals surface area contributed by atoms with Crippen LogP contribution in [0.4, 0.5) is 5.13 Å². The average molecular weight is 472 g/mol. The quantitative estimate of drug-likeness (QED) is 0.573. The van der Waals surface area contributed by atoms with Crippen LogP contribution < -0.4 is 15.4 Å². The largest absolute Gasteiger partial charge is 0.493 e. The fourth-order valence-corrected chi connectivity index (χ4v) is 4.40. The van der Waals surface area contributed by atoms with Crippen LogP contribution >= 0.6 is 27.3 Å². The summed E-state index contributed by atoms with van der Waals surface area (Å²) in [5, 5.41) is 8.24. The summed E-state index contributed by atoms with van der Waals surface area (Å²) in [5.74, 6) is 0.485. The van der Waals surface area contributed by atoms with E-state index < -0.39 is 0 Å². The maximum Gasteiger partial charge on any atom is 0.258 e. The van der Waals surface area contributed by atoms with Gasteiger partial charge in [0.1, 0.15) is 5.75 Å². The van der Waals surface area contributed by atoms with Crippen molar-refractivity contribution in [2.45, 2.75) is 19.4 Å². The molecule has 0 aliphatic carbocycles. The Bertz CT molecular complexity index is 1080.